The molecule has 0 spiro atoms. The van der Waals surface area contributed by atoms with Crippen LogP contribution in [0, 0.1) is 0 Å². The summed E-state index contributed by atoms with van der Waals surface area (Å²) >= 11 is 0. The van der Waals surface area contributed by atoms with Crippen molar-refractivity contribution in [2.24, 2.45) is 0 Å². The van der Waals surface area contributed by atoms with Gasteiger partial charge in [-0.3, -0.25) is 0 Å². The van der Waals surface area contributed by atoms with E-state index in [-0.39, 0.29) is 25.1 Å². The van der Waals surface area contributed by atoms with Gasteiger partial charge in [-0.2, -0.15) is 13.2 Å². The van der Waals surface area contributed by atoms with E-state index in [0.29, 0.717) is 0 Å². The molecule has 1 N–H and O–H groups in total. The van der Waals surface area contributed by atoms with E-state index in [2.05, 4.69) is 5.32 Å². The maximum absolute atomic E-state index is 12.6. The molecule has 0 aromatic heterocycles. The zero-order chi connectivity index (χ0) is 12.9. The molecule has 0 heterocycles. The third kappa shape index (κ3) is 4.44. The second-order valence-electron chi connectivity index (χ2n) is 3.45. The number of rotatable bonds is 5. The van der Waals surface area contributed by atoms with Crippen molar-refractivity contribution in [1.29, 1.82) is 0 Å². The molecule has 0 radical (unpaired) electrons. The second kappa shape index (κ2) is 5.67. The Morgan fingerprint density at radius 1 is 1.29 bits per heavy atom. The zero-order valence-corrected chi connectivity index (χ0v) is 8.88. The van der Waals surface area contributed by atoms with E-state index in [4.69, 9.17) is 0 Å². The first-order valence-corrected chi connectivity index (χ1v) is 4.97. The fourth-order valence-corrected chi connectivity index (χ4v) is 1.36. The molecule has 94 valence electrons. The number of halogens is 3. The summed E-state index contributed by atoms with van der Waals surface area (Å²) in [6.07, 6.45) is -4.62. The fraction of sp³-hybridized carbons (Fsp3) is 0.364. The molecule has 0 aliphatic heterocycles. The van der Waals surface area contributed by atoms with Gasteiger partial charge in [0.15, 0.2) is 0 Å². The largest absolute Gasteiger partial charge is 0.550 e. The number of nitrogens with one attached hydrogen (secondary N) is 1. The van der Waals surface area contributed by atoms with Gasteiger partial charge < -0.3 is 15.2 Å². The molecule has 0 bridgehead atoms. The number of benzene rings is 1. The first-order chi connectivity index (χ1) is 7.91. The number of hydrogen-bond acceptors (Lipinski definition) is 3. The summed E-state index contributed by atoms with van der Waals surface area (Å²) < 4.78 is 37.7. The normalized spacial score (nSPS) is 11.5. The van der Waals surface area contributed by atoms with Gasteiger partial charge in [-0.15, -0.1) is 0 Å². The smallest absolute Gasteiger partial charge is 0.416 e. The van der Waals surface area contributed by atoms with Gasteiger partial charge in [0.2, 0.25) is 0 Å². The molecule has 0 fully saturated rings. The van der Waals surface area contributed by atoms with E-state index < -0.39 is 17.7 Å². The van der Waals surface area contributed by atoms with Crippen LogP contribution >= 0.6 is 0 Å². The van der Waals surface area contributed by atoms with Crippen LogP contribution in [0.25, 0.3) is 0 Å². The first kappa shape index (κ1) is 13.5. The minimum atomic E-state index is -4.40. The van der Waals surface area contributed by atoms with Gasteiger partial charge in [0.25, 0.3) is 0 Å². The lowest BCUT2D eigenvalue weighted by atomic mass is 10.1. The molecule has 3 nitrogen and oxygen atoms in total. The van der Waals surface area contributed by atoms with Crippen molar-refractivity contribution in [3.63, 3.8) is 0 Å². The number of carbonyl (C=O) groups excluding carboxylic acids is 1. The van der Waals surface area contributed by atoms with Crippen LogP contribution in [0.1, 0.15) is 17.5 Å². The van der Waals surface area contributed by atoms with E-state index >= 15 is 0 Å². The second-order valence-corrected chi connectivity index (χ2v) is 3.45. The lowest BCUT2D eigenvalue weighted by molar-refractivity contribution is -0.305. The summed E-state index contributed by atoms with van der Waals surface area (Å²) in [5.74, 6) is -1.23. The van der Waals surface area contributed by atoms with Gasteiger partial charge in [0, 0.05) is 19.1 Å². The molecule has 0 amide bonds. The number of hydrogen-bond donors (Lipinski definition) is 1. The van der Waals surface area contributed by atoms with Crippen LogP contribution in [0.4, 0.5) is 13.2 Å². The van der Waals surface area contributed by atoms with Crippen LogP contribution in [0.15, 0.2) is 24.3 Å². The topological polar surface area (TPSA) is 52.2 Å². The van der Waals surface area contributed by atoms with Crippen LogP contribution in [-0.2, 0) is 17.5 Å². The van der Waals surface area contributed by atoms with Gasteiger partial charge in [-0.1, -0.05) is 18.2 Å². The number of carbonyl (C=O) groups is 1. The van der Waals surface area contributed by atoms with Gasteiger partial charge in [-0.25, -0.2) is 0 Å². The lowest BCUT2D eigenvalue weighted by Gasteiger charge is -2.13. The average molecular weight is 246 g/mol. The van der Waals surface area contributed by atoms with Crippen molar-refractivity contribution >= 4 is 5.97 Å². The van der Waals surface area contributed by atoms with Crippen molar-refractivity contribution in [3.8, 4) is 0 Å². The van der Waals surface area contributed by atoms with Crippen LogP contribution in [-0.4, -0.2) is 12.5 Å². The quantitative estimate of drug-likeness (QED) is 0.786. The first-order valence-electron chi connectivity index (χ1n) is 4.97. The van der Waals surface area contributed by atoms with Crippen molar-refractivity contribution in [1.82, 2.24) is 5.32 Å². The van der Waals surface area contributed by atoms with E-state index in [1.807, 2.05) is 0 Å². The standard InChI is InChI=1S/C11H12F3NO2/c12-11(13,14)9-4-2-1-3-8(9)7-15-6-5-10(16)17/h1-4,15H,5-7H2,(H,16,17)/p-1. The predicted molar refractivity (Wildman–Crippen MR) is 52.8 cm³/mol. The molecule has 0 saturated heterocycles. The number of carboxylic acids is 1. The molecule has 1 aromatic carbocycles. The lowest BCUT2D eigenvalue weighted by Crippen LogP contribution is -2.27. The maximum Gasteiger partial charge on any atom is 0.416 e. The average Bonchev–Trinajstić information content (AvgIpc) is 2.23. The van der Waals surface area contributed by atoms with E-state index in [9.17, 15) is 23.1 Å². The summed E-state index contributed by atoms with van der Waals surface area (Å²) in [6, 6.07) is 5.17. The van der Waals surface area contributed by atoms with Gasteiger partial charge >= 0.3 is 6.18 Å². The Balaban J connectivity index is 2.62. The minimum absolute atomic E-state index is 0.0248. The van der Waals surface area contributed by atoms with Gasteiger partial charge in [0.05, 0.1) is 5.56 Å². The molecule has 0 aliphatic carbocycles. The molecule has 0 saturated carbocycles. The molecule has 0 atom stereocenters. The fourth-order valence-electron chi connectivity index (χ4n) is 1.36. The molecule has 0 unspecified atom stereocenters. The van der Waals surface area contributed by atoms with Crippen molar-refractivity contribution in [2.75, 3.05) is 6.54 Å². The Bertz CT molecular complexity index is 391. The molecule has 1 aromatic rings. The number of aliphatic carboxylic acids is 1. The molecule has 17 heavy (non-hydrogen) atoms. The monoisotopic (exact) mass is 246 g/mol. The zero-order valence-electron chi connectivity index (χ0n) is 8.88. The van der Waals surface area contributed by atoms with Crippen LogP contribution in [0.2, 0.25) is 0 Å². The van der Waals surface area contributed by atoms with Crippen molar-refractivity contribution in [2.45, 2.75) is 19.1 Å². The molecular formula is C11H11F3NO2-. The predicted octanol–water partition coefficient (Wildman–Crippen LogP) is 0.935. The van der Waals surface area contributed by atoms with E-state index in [0.717, 1.165) is 6.07 Å². The summed E-state index contributed by atoms with van der Waals surface area (Å²) in [6.45, 7) is 0.0531. The molecule has 0 aliphatic rings. The highest BCUT2D eigenvalue weighted by Gasteiger charge is 2.32. The Morgan fingerprint density at radius 2 is 1.94 bits per heavy atom. The van der Waals surface area contributed by atoms with Crippen molar-refractivity contribution < 1.29 is 23.1 Å². The highest BCUT2D eigenvalue weighted by molar-refractivity contribution is 5.64. The summed E-state index contributed by atoms with van der Waals surface area (Å²) in [5.41, 5.74) is -0.612. The number of alkyl halides is 3. The van der Waals surface area contributed by atoms with Crippen LogP contribution in [0.5, 0.6) is 0 Å². The minimum Gasteiger partial charge on any atom is -0.550 e. The molecule has 1 rings (SSSR count). The van der Waals surface area contributed by atoms with Gasteiger partial charge in [-0.05, 0) is 18.1 Å². The Morgan fingerprint density at radius 3 is 2.53 bits per heavy atom. The Hall–Kier alpha value is -1.56. The van der Waals surface area contributed by atoms with Crippen LogP contribution in [0.3, 0.4) is 0 Å². The van der Waals surface area contributed by atoms with Crippen molar-refractivity contribution in [3.05, 3.63) is 35.4 Å². The SMILES string of the molecule is O=C([O-])CCNCc1ccccc1C(F)(F)F. The Kier molecular flexibility index (Phi) is 4.51. The highest BCUT2D eigenvalue weighted by Crippen LogP contribution is 2.31. The van der Waals surface area contributed by atoms with E-state index in [1.165, 1.54) is 18.2 Å². The van der Waals surface area contributed by atoms with E-state index in [1.54, 1.807) is 0 Å². The van der Waals surface area contributed by atoms with Crippen LogP contribution < -0.4 is 10.4 Å². The molecule has 6 heteroatoms. The summed E-state index contributed by atoms with van der Waals surface area (Å²) in [7, 11) is 0. The summed E-state index contributed by atoms with van der Waals surface area (Å²) in [5, 5.41) is 12.7. The molecular weight excluding hydrogens is 235 g/mol. The summed E-state index contributed by atoms with van der Waals surface area (Å²) in [4.78, 5) is 10.1. The Labute approximate surface area is 96.3 Å². The third-order valence-electron chi connectivity index (χ3n) is 2.14. The highest BCUT2D eigenvalue weighted by atomic mass is 19.4. The number of carboxylic acid groups (broad SMARTS) is 1. The maximum atomic E-state index is 12.6. The third-order valence-corrected chi connectivity index (χ3v) is 2.14. The van der Waals surface area contributed by atoms with Gasteiger partial charge in [0.1, 0.15) is 0 Å².